The molecule has 0 radical (unpaired) electrons. The number of fused-ring (bicyclic) bond motifs is 1. The molecule has 3 rings (SSSR count). The Hall–Kier alpha value is -3.36. The molecular weight excluding hydrogens is 363 g/mol. The summed E-state index contributed by atoms with van der Waals surface area (Å²) in [4.78, 5) is 4.23. The van der Waals surface area contributed by atoms with Crippen molar-refractivity contribution in [3.8, 4) is 22.7 Å². The van der Waals surface area contributed by atoms with Crippen molar-refractivity contribution in [1.29, 1.82) is 10.5 Å². The van der Waals surface area contributed by atoms with Gasteiger partial charge in [-0.15, -0.1) is 11.3 Å². The van der Waals surface area contributed by atoms with Crippen LogP contribution in [-0.4, -0.2) is 10.1 Å². The van der Waals surface area contributed by atoms with E-state index < -0.39 is 23.1 Å². The van der Waals surface area contributed by atoms with Gasteiger partial charge in [-0.3, -0.25) is 0 Å². The summed E-state index contributed by atoms with van der Waals surface area (Å²) in [6.45, 7) is 0. The quantitative estimate of drug-likeness (QED) is 0.490. The first-order valence-electron chi connectivity index (χ1n) is 7.16. The van der Waals surface area contributed by atoms with Crippen LogP contribution in [-0.2, 0) is 6.18 Å². The summed E-state index contributed by atoms with van der Waals surface area (Å²) in [6, 6.07) is 12.8. The summed E-state index contributed by atoms with van der Waals surface area (Å²) in [5.74, 6) is -0.498. The third-order valence-corrected chi connectivity index (χ3v) is 4.65. The Labute approximate surface area is 149 Å². The maximum absolute atomic E-state index is 13.2. The van der Waals surface area contributed by atoms with Crippen molar-refractivity contribution in [2.45, 2.75) is 6.18 Å². The minimum Gasteiger partial charge on any atom is -0.505 e. The molecule has 1 heterocycles. The molecule has 0 atom stereocenters. The molecule has 8 heteroatoms. The van der Waals surface area contributed by atoms with Gasteiger partial charge >= 0.3 is 6.18 Å². The van der Waals surface area contributed by atoms with Gasteiger partial charge < -0.3 is 5.11 Å². The topological polar surface area (TPSA) is 80.7 Å². The fourth-order valence-electron chi connectivity index (χ4n) is 2.38. The fraction of sp³-hybridized carbons (Fsp3) is 0.0556. The van der Waals surface area contributed by atoms with E-state index in [2.05, 4.69) is 4.98 Å². The van der Waals surface area contributed by atoms with E-state index in [-0.39, 0.29) is 16.1 Å². The van der Waals surface area contributed by atoms with Gasteiger partial charge in [0.25, 0.3) is 0 Å². The lowest BCUT2D eigenvalue weighted by Gasteiger charge is -2.10. The molecule has 1 aromatic heterocycles. The number of nitriles is 2. The average molecular weight is 371 g/mol. The number of thiazole rings is 1. The van der Waals surface area contributed by atoms with Crippen LogP contribution in [0.5, 0.6) is 0 Å². The molecule has 128 valence electrons. The van der Waals surface area contributed by atoms with Crippen LogP contribution in [0.25, 0.3) is 26.5 Å². The molecule has 0 spiro atoms. The number of rotatable bonds is 2. The molecule has 0 saturated carbocycles. The summed E-state index contributed by atoms with van der Waals surface area (Å²) < 4.78 is 40.2. The summed E-state index contributed by atoms with van der Waals surface area (Å²) in [6.07, 6.45) is -4.50. The third-order valence-electron chi connectivity index (χ3n) is 3.58. The maximum atomic E-state index is 13.2. The van der Waals surface area contributed by atoms with Crippen LogP contribution in [0.3, 0.4) is 0 Å². The van der Waals surface area contributed by atoms with Gasteiger partial charge in [0.15, 0.2) is 11.3 Å². The van der Waals surface area contributed by atoms with Crippen molar-refractivity contribution in [3.05, 3.63) is 59.2 Å². The van der Waals surface area contributed by atoms with Gasteiger partial charge in [0.05, 0.1) is 15.8 Å². The molecule has 3 aromatic rings. The van der Waals surface area contributed by atoms with Crippen molar-refractivity contribution < 1.29 is 18.3 Å². The standard InChI is InChI=1S/C18H8F3N3OS/c19-18(20,21)13-4-2-1-3-12(13)17-24-14-7-10(5-6-15(14)26-17)16(25)11(8-22)9-23/h1-7,25H. The van der Waals surface area contributed by atoms with Crippen LogP contribution < -0.4 is 0 Å². The first kappa shape index (κ1) is 17.5. The Morgan fingerprint density at radius 3 is 2.42 bits per heavy atom. The Morgan fingerprint density at radius 1 is 1.08 bits per heavy atom. The Bertz CT molecular complexity index is 1100. The van der Waals surface area contributed by atoms with E-state index in [0.717, 1.165) is 17.4 Å². The third kappa shape index (κ3) is 3.10. The molecule has 4 nitrogen and oxygen atoms in total. The molecular formula is C18H8F3N3OS. The van der Waals surface area contributed by atoms with Gasteiger partial charge in [-0.25, -0.2) is 4.98 Å². The van der Waals surface area contributed by atoms with E-state index in [1.54, 1.807) is 18.2 Å². The van der Waals surface area contributed by atoms with Crippen LogP contribution in [0.1, 0.15) is 11.1 Å². The number of hydrogen-bond acceptors (Lipinski definition) is 5. The minimum atomic E-state index is -4.50. The Kier molecular flexibility index (Phi) is 4.37. The second-order valence-electron chi connectivity index (χ2n) is 5.19. The fourth-order valence-corrected chi connectivity index (χ4v) is 3.37. The Morgan fingerprint density at radius 2 is 1.77 bits per heavy atom. The SMILES string of the molecule is N#CC(C#N)=C(O)c1ccc2sc(-c3ccccc3C(F)(F)F)nc2c1. The summed E-state index contributed by atoms with van der Waals surface area (Å²) in [7, 11) is 0. The van der Waals surface area contributed by atoms with E-state index >= 15 is 0 Å². The largest absolute Gasteiger partial charge is 0.505 e. The highest BCUT2D eigenvalue weighted by Crippen LogP contribution is 2.39. The van der Waals surface area contributed by atoms with E-state index in [0.29, 0.717) is 10.2 Å². The van der Waals surface area contributed by atoms with Gasteiger partial charge in [0, 0.05) is 11.1 Å². The lowest BCUT2D eigenvalue weighted by Crippen LogP contribution is -2.06. The molecule has 0 aliphatic heterocycles. The average Bonchev–Trinajstić information content (AvgIpc) is 3.05. The highest BCUT2D eigenvalue weighted by molar-refractivity contribution is 7.21. The number of aliphatic hydroxyl groups excluding tert-OH is 1. The normalized spacial score (nSPS) is 11.0. The molecule has 0 fully saturated rings. The van der Waals surface area contributed by atoms with Crippen LogP contribution in [0, 0.1) is 22.7 Å². The van der Waals surface area contributed by atoms with Gasteiger partial charge in [-0.2, -0.15) is 23.7 Å². The second kappa shape index (κ2) is 6.51. The number of allylic oxidation sites excluding steroid dienone is 1. The lowest BCUT2D eigenvalue weighted by atomic mass is 10.1. The van der Waals surface area contributed by atoms with Crippen LogP contribution >= 0.6 is 11.3 Å². The van der Waals surface area contributed by atoms with Gasteiger partial charge in [0.2, 0.25) is 0 Å². The number of nitrogens with zero attached hydrogens (tertiary/aromatic N) is 3. The molecule has 0 bridgehead atoms. The number of alkyl halides is 3. The molecule has 26 heavy (non-hydrogen) atoms. The molecule has 0 saturated heterocycles. The predicted octanol–water partition coefficient (Wildman–Crippen LogP) is 5.30. The van der Waals surface area contributed by atoms with Crippen LogP contribution in [0.4, 0.5) is 13.2 Å². The van der Waals surface area contributed by atoms with Gasteiger partial charge in [-0.1, -0.05) is 18.2 Å². The molecule has 2 aromatic carbocycles. The summed E-state index contributed by atoms with van der Waals surface area (Å²) in [5.41, 5.74) is -0.712. The number of hydrogen-bond donors (Lipinski definition) is 1. The highest BCUT2D eigenvalue weighted by atomic mass is 32.1. The van der Waals surface area contributed by atoms with E-state index in [9.17, 15) is 18.3 Å². The van der Waals surface area contributed by atoms with E-state index in [4.69, 9.17) is 10.5 Å². The van der Waals surface area contributed by atoms with Crippen molar-refractivity contribution in [3.63, 3.8) is 0 Å². The number of aliphatic hydroxyl groups is 1. The molecule has 0 aliphatic carbocycles. The highest BCUT2D eigenvalue weighted by Gasteiger charge is 2.34. The molecule has 0 aliphatic rings. The second-order valence-corrected chi connectivity index (χ2v) is 6.22. The van der Waals surface area contributed by atoms with Gasteiger partial charge in [-0.05, 0) is 24.3 Å². The monoisotopic (exact) mass is 371 g/mol. The molecule has 1 N–H and O–H groups in total. The van der Waals surface area contributed by atoms with Crippen LogP contribution in [0.2, 0.25) is 0 Å². The van der Waals surface area contributed by atoms with Crippen molar-refractivity contribution >= 4 is 27.3 Å². The minimum absolute atomic E-state index is 0.0303. The lowest BCUT2D eigenvalue weighted by molar-refractivity contribution is -0.137. The first-order chi connectivity index (χ1) is 12.3. The maximum Gasteiger partial charge on any atom is 0.417 e. The predicted molar refractivity (Wildman–Crippen MR) is 90.8 cm³/mol. The number of halogens is 3. The smallest absolute Gasteiger partial charge is 0.417 e. The first-order valence-corrected chi connectivity index (χ1v) is 7.98. The molecule has 0 unspecified atom stereocenters. The summed E-state index contributed by atoms with van der Waals surface area (Å²) >= 11 is 1.08. The van der Waals surface area contributed by atoms with Gasteiger partial charge in [0.1, 0.15) is 17.1 Å². The molecule has 0 amide bonds. The zero-order valence-electron chi connectivity index (χ0n) is 12.9. The Balaban J connectivity index is 2.15. The zero-order chi connectivity index (χ0) is 18.9. The van der Waals surface area contributed by atoms with Crippen molar-refractivity contribution in [2.24, 2.45) is 0 Å². The van der Waals surface area contributed by atoms with E-state index in [1.807, 2.05) is 0 Å². The van der Waals surface area contributed by atoms with Crippen molar-refractivity contribution in [1.82, 2.24) is 4.98 Å². The zero-order valence-corrected chi connectivity index (χ0v) is 13.7. The number of aromatic nitrogens is 1. The summed E-state index contributed by atoms with van der Waals surface area (Å²) in [5, 5.41) is 27.8. The van der Waals surface area contributed by atoms with Crippen LogP contribution in [0.15, 0.2) is 48.0 Å². The number of benzene rings is 2. The van der Waals surface area contributed by atoms with Crippen molar-refractivity contribution in [2.75, 3.05) is 0 Å². The van der Waals surface area contributed by atoms with E-state index in [1.165, 1.54) is 30.3 Å².